The van der Waals surface area contributed by atoms with Crippen molar-refractivity contribution in [2.24, 2.45) is 5.73 Å². The Kier molecular flexibility index (Phi) is 5.65. The fraction of sp³-hybridized carbons (Fsp3) is 0.308. The van der Waals surface area contributed by atoms with Crippen LogP contribution in [0.5, 0.6) is 5.75 Å². The van der Waals surface area contributed by atoms with Crippen LogP contribution in [0, 0.1) is 5.82 Å². The first-order valence-electron chi connectivity index (χ1n) is 5.96. The first kappa shape index (κ1) is 16.4. The van der Waals surface area contributed by atoms with Gasteiger partial charge in [-0.15, -0.1) is 0 Å². The van der Waals surface area contributed by atoms with Crippen molar-refractivity contribution in [1.29, 1.82) is 0 Å². The van der Waals surface area contributed by atoms with Crippen LogP contribution < -0.4 is 15.8 Å². The Balaban J connectivity index is 2.69. The molecule has 7 nitrogen and oxygen atoms in total. The third kappa shape index (κ3) is 5.09. The Morgan fingerprint density at radius 3 is 2.57 bits per heavy atom. The van der Waals surface area contributed by atoms with Crippen molar-refractivity contribution in [2.45, 2.75) is 18.9 Å². The molecule has 8 heteroatoms. The third-order valence-electron chi connectivity index (χ3n) is 2.62. The van der Waals surface area contributed by atoms with E-state index in [1.165, 1.54) is 19.2 Å². The maximum atomic E-state index is 13.5. The fourth-order valence-electron chi connectivity index (χ4n) is 1.65. The van der Waals surface area contributed by atoms with Crippen molar-refractivity contribution < 1.29 is 28.6 Å². The van der Waals surface area contributed by atoms with Crippen molar-refractivity contribution >= 4 is 17.8 Å². The van der Waals surface area contributed by atoms with E-state index in [2.05, 4.69) is 5.32 Å². The van der Waals surface area contributed by atoms with Crippen molar-refractivity contribution in [2.75, 3.05) is 7.11 Å². The topological polar surface area (TPSA) is 119 Å². The maximum absolute atomic E-state index is 13.5. The molecule has 0 saturated heterocycles. The summed E-state index contributed by atoms with van der Waals surface area (Å²) < 4.78 is 18.2. The molecule has 4 N–H and O–H groups in total. The largest absolute Gasteiger partial charge is 0.494 e. The molecule has 114 valence electrons. The molecule has 1 aromatic carbocycles. The molecule has 0 aromatic heterocycles. The summed E-state index contributed by atoms with van der Waals surface area (Å²) in [5.74, 6) is -3.47. The number of halogens is 1. The predicted octanol–water partition coefficient (Wildman–Crippen LogP) is -0.178. The third-order valence-corrected chi connectivity index (χ3v) is 2.62. The van der Waals surface area contributed by atoms with Crippen LogP contribution in [0.1, 0.15) is 12.0 Å². The van der Waals surface area contributed by atoms with Gasteiger partial charge in [0.2, 0.25) is 11.8 Å². The van der Waals surface area contributed by atoms with Crippen molar-refractivity contribution in [3.8, 4) is 5.75 Å². The summed E-state index contributed by atoms with van der Waals surface area (Å²) >= 11 is 0. The molecule has 0 aliphatic carbocycles. The van der Waals surface area contributed by atoms with Gasteiger partial charge in [0.15, 0.2) is 11.6 Å². The molecular weight excluding hydrogens is 283 g/mol. The average molecular weight is 298 g/mol. The van der Waals surface area contributed by atoms with Gasteiger partial charge in [0.05, 0.1) is 20.0 Å². The minimum Gasteiger partial charge on any atom is -0.494 e. The predicted molar refractivity (Wildman–Crippen MR) is 70.0 cm³/mol. The number of carbonyl (C=O) groups excluding carboxylic acids is 2. The minimum atomic E-state index is -1.40. The van der Waals surface area contributed by atoms with Crippen molar-refractivity contribution in [1.82, 2.24) is 5.32 Å². The van der Waals surface area contributed by atoms with Gasteiger partial charge in [-0.1, -0.05) is 6.07 Å². The molecule has 1 aromatic rings. The number of carbonyl (C=O) groups is 3. The number of carboxylic acid groups (broad SMARTS) is 1. The molecule has 0 bridgehead atoms. The van der Waals surface area contributed by atoms with Gasteiger partial charge in [0.25, 0.3) is 0 Å². The molecule has 0 heterocycles. The van der Waals surface area contributed by atoms with E-state index < -0.39 is 36.1 Å². The number of amides is 2. The van der Waals surface area contributed by atoms with E-state index in [4.69, 9.17) is 15.6 Å². The number of primary amides is 1. The molecule has 0 saturated carbocycles. The van der Waals surface area contributed by atoms with Gasteiger partial charge in [-0.3, -0.25) is 9.59 Å². The summed E-state index contributed by atoms with van der Waals surface area (Å²) in [4.78, 5) is 33.3. The zero-order valence-electron chi connectivity index (χ0n) is 11.3. The van der Waals surface area contributed by atoms with Gasteiger partial charge < -0.3 is 20.9 Å². The van der Waals surface area contributed by atoms with E-state index in [-0.39, 0.29) is 12.2 Å². The van der Waals surface area contributed by atoms with Crippen LogP contribution in [0.2, 0.25) is 0 Å². The van der Waals surface area contributed by atoms with E-state index in [9.17, 15) is 18.8 Å². The molecule has 2 amide bonds. The highest BCUT2D eigenvalue weighted by atomic mass is 19.1. The molecule has 0 fully saturated rings. The lowest BCUT2D eigenvalue weighted by molar-refractivity contribution is -0.143. The van der Waals surface area contributed by atoms with Gasteiger partial charge >= 0.3 is 5.97 Å². The van der Waals surface area contributed by atoms with Crippen LogP contribution in [0.4, 0.5) is 4.39 Å². The van der Waals surface area contributed by atoms with Crippen LogP contribution in [-0.2, 0) is 20.8 Å². The van der Waals surface area contributed by atoms with Gasteiger partial charge in [0.1, 0.15) is 6.04 Å². The molecule has 21 heavy (non-hydrogen) atoms. The number of aliphatic carboxylic acids is 1. The number of rotatable bonds is 7. The highest BCUT2D eigenvalue weighted by Gasteiger charge is 2.22. The Morgan fingerprint density at radius 1 is 1.43 bits per heavy atom. The number of methoxy groups -OCH3 is 1. The SMILES string of the molecule is COc1ccc(CC(=O)N[C@H](CC(N)=O)C(=O)O)cc1F. The summed E-state index contributed by atoms with van der Waals surface area (Å²) in [7, 11) is 1.31. The number of carboxylic acids is 1. The number of nitrogens with two attached hydrogens (primary N) is 1. The molecule has 1 atom stereocenters. The molecule has 0 radical (unpaired) electrons. The van der Waals surface area contributed by atoms with E-state index in [1.54, 1.807) is 0 Å². The van der Waals surface area contributed by atoms with Crippen LogP contribution in [0.15, 0.2) is 18.2 Å². The number of ether oxygens (including phenoxy) is 1. The number of benzene rings is 1. The molecular formula is C13H15FN2O5. The molecule has 0 aliphatic heterocycles. The summed E-state index contributed by atoms with van der Waals surface area (Å²) in [6.45, 7) is 0. The molecule has 0 spiro atoms. The monoisotopic (exact) mass is 298 g/mol. The first-order valence-corrected chi connectivity index (χ1v) is 5.96. The van der Waals surface area contributed by atoms with E-state index in [0.29, 0.717) is 5.56 Å². The maximum Gasteiger partial charge on any atom is 0.326 e. The summed E-state index contributed by atoms with van der Waals surface area (Å²) in [5, 5.41) is 11.0. The highest BCUT2D eigenvalue weighted by molar-refractivity contribution is 5.88. The Bertz CT molecular complexity index is 561. The standard InChI is InChI=1S/C13H15FN2O5/c1-21-10-3-2-7(4-8(10)14)5-12(18)16-9(13(19)20)6-11(15)17/h2-4,9H,5-6H2,1H3,(H2,15,17)(H,16,18)(H,19,20)/t9-/m1/s1. The lowest BCUT2D eigenvalue weighted by atomic mass is 10.1. The van der Waals surface area contributed by atoms with Gasteiger partial charge in [0, 0.05) is 0 Å². The molecule has 0 unspecified atom stereocenters. The van der Waals surface area contributed by atoms with Crippen LogP contribution >= 0.6 is 0 Å². The molecule has 1 rings (SSSR count). The zero-order chi connectivity index (χ0) is 16.0. The summed E-state index contributed by atoms with van der Waals surface area (Å²) in [6.07, 6.45) is -0.749. The second kappa shape index (κ2) is 7.22. The Hall–Kier alpha value is -2.64. The van der Waals surface area contributed by atoms with Gasteiger partial charge in [-0.2, -0.15) is 0 Å². The summed E-state index contributed by atoms with van der Waals surface area (Å²) in [5.41, 5.74) is 5.24. The number of hydrogen-bond acceptors (Lipinski definition) is 4. The van der Waals surface area contributed by atoms with Crippen molar-refractivity contribution in [3.05, 3.63) is 29.6 Å². The summed E-state index contributed by atoms with van der Waals surface area (Å²) in [6, 6.07) is 2.54. The molecule has 0 aliphatic rings. The second-order valence-corrected chi connectivity index (χ2v) is 4.27. The van der Waals surface area contributed by atoms with Crippen LogP contribution in [-0.4, -0.2) is 36.0 Å². The highest BCUT2D eigenvalue weighted by Crippen LogP contribution is 2.17. The van der Waals surface area contributed by atoms with Crippen LogP contribution in [0.3, 0.4) is 0 Å². The lowest BCUT2D eigenvalue weighted by Crippen LogP contribution is -2.43. The van der Waals surface area contributed by atoms with E-state index >= 15 is 0 Å². The Morgan fingerprint density at radius 2 is 2.10 bits per heavy atom. The van der Waals surface area contributed by atoms with E-state index in [0.717, 1.165) is 6.07 Å². The minimum absolute atomic E-state index is 0.0382. The number of nitrogens with one attached hydrogen (secondary N) is 1. The van der Waals surface area contributed by atoms with Gasteiger partial charge in [-0.05, 0) is 17.7 Å². The van der Waals surface area contributed by atoms with E-state index in [1.807, 2.05) is 0 Å². The second-order valence-electron chi connectivity index (χ2n) is 4.27. The smallest absolute Gasteiger partial charge is 0.326 e. The lowest BCUT2D eigenvalue weighted by Gasteiger charge is -2.13. The van der Waals surface area contributed by atoms with Crippen LogP contribution in [0.25, 0.3) is 0 Å². The zero-order valence-corrected chi connectivity index (χ0v) is 11.3. The van der Waals surface area contributed by atoms with Gasteiger partial charge in [-0.25, -0.2) is 9.18 Å². The average Bonchev–Trinajstić information content (AvgIpc) is 2.37. The Labute approximate surface area is 119 Å². The fourth-order valence-corrected chi connectivity index (χ4v) is 1.65. The van der Waals surface area contributed by atoms with Crippen molar-refractivity contribution in [3.63, 3.8) is 0 Å². The quantitative estimate of drug-likeness (QED) is 0.645. The normalized spacial score (nSPS) is 11.5. The number of hydrogen-bond donors (Lipinski definition) is 3. The first-order chi connectivity index (χ1) is 9.83.